The molecule has 0 aliphatic rings. The molecule has 1 rings (SSSR count). The lowest BCUT2D eigenvalue weighted by atomic mass is 10.1. The third-order valence-electron chi connectivity index (χ3n) is 2.70. The predicted molar refractivity (Wildman–Crippen MR) is 77.7 cm³/mol. The summed E-state index contributed by atoms with van der Waals surface area (Å²) in [6.07, 6.45) is 6.50. The summed E-state index contributed by atoms with van der Waals surface area (Å²) >= 11 is 7.27. The van der Waals surface area contributed by atoms with Crippen LogP contribution in [0.2, 0.25) is 0 Å². The highest BCUT2D eigenvalue weighted by molar-refractivity contribution is 9.10. The van der Waals surface area contributed by atoms with E-state index < -0.39 is 0 Å². The Labute approximate surface area is 120 Å². The van der Waals surface area contributed by atoms with E-state index in [0.29, 0.717) is 11.4 Å². The topological polar surface area (TPSA) is 27.1 Å². The lowest BCUT2D eigenvalue weighted by Crippen LogP contribution is -2.11. The van der Waals surface area contributed by atoms with Gasteiger partial charge in [-0.3, -0.25) is 4.68 Å². The van der Waals surface area contributed by atoms with Gasteiger partial charge in [-0.15, -0.1) is 0 Å². The number of rotatable bonds is 8. The Bertz CT molecular complexity index is 328. The van der Waals surface area contributed by atoms with Gasteiger partial charge < -0.3 is 4.74 Å². The van der Waals surface area contributed by atoms with E-state index in [0.717, 1.165) is 23.9 Å². The van der Waals surface area contributed by atoms with Crippen LogP contribution in [0.5, 0.6) is 0 Å². The fourth-order valence-corrected chi connectivity index (χ4v) is 2.94. The van der Waals surface area contributed by atoms with Crippen LogP contribution >= 0.6 is 31.9 Å². The van der Waals surface area contributed by atoms with Crippen LogP contribution in [-0.4, -0.2) is 28.3 Å². The molecule has 1 aromatic rings. The van der Waals surface area contributed by atoms with Crippen LogP contribution in [0, 0.1) is 0 Å². The molecule has 0 saturated carbocycles. The number of ether oxygens (including phenoxy) is 1. The summed E-state index contributed by atoms with van der Waals surface area (Å²) in [5.74, 6) is 0. The van der Waals surface area contributed by atoms with Gasteiger partial charge in [0.15, 0.2) is 0 Å². The fourth-order valence-electron chi connectivity index (χ4n) is 1.76. The number of hydrogen-bond acceptors (Lipinski definition) is 2. The Balaban J connectivity index is 2.53. The van der Waals surface area contributed by atoms with Crippen molar-refractivity contribution in [1.29, 1.82) is 0 Å². The predicted octanol–water partition coefficient (Wildman–Crippen LogP) is 3.79. The maximum atomic E-state index is 5.09. The molecule has 0 aliphatic carbocycles. The van der Waals surface area contributed by atoms with Crippen LogP contribution in [0.15, 0.2) is 10.7 Å². The van der Waals surface area contributed by atoms with Crippen molar-refractivity contribution >= 4 is 31.9 Å². The maximum Gasteiger partial charge on any atom is 0.0658 e. The molecule has 17 heavy (non-hydrogen) atoms. The molecule has 0 radical (unpaired) electrons. The number of alkyl halides is 1. The van der Waals surface area contributed by atoms with Crippen molar-refractivity contribution in [2.24, 2.45) is 0 Å². The Kier molecular flexibility index (Phi) is 7.39. The second-order valence-corrected chi connectivity index (χ2v) is 6.23. The minimum Gasteiger partial charge on any atom is -0.383 e. The van der Waals surface area contributed by atoms with Crippen molar-refractivity contribution in [2.75, 3.05) is 13.7 Å². The van der Waals surface area contributed by atoms with Crippen molar-refractivity contribution in [3.05, 3.63) is 16.4 Å². The smallest absolute Gasteiger partial charge is 0.0658 e. The first-order chi connectivity index (χ1) is 8.19. The van der Waals surface area contributed by atoms with E-state index in [4.69, 9.17) is 4.74 Å². The normalized spacial score (nSPS) is 12.9. The molecule has 0 aromatic carbocycles. The summed E-state index contributed by atoms with van der Waals surface area (Å²) in [4.78, 5) is 0.602. The lowest BCUT2D eigenvalue weighted by Gasteiger charge is -2.10. The molecule has 3 nitrogen and oxygen atoms in total. The van der Waals surface area contributed by atoms with E-state index in [1.807, 2.05) is 10.9 Å². The quantitative estimate of drug-likeness (QED) is 0.653. The Hall–Kier alpha value is 0.130. The number of methoxy groups -OCH3 is 1. The first-order valence-corrected chi connectivity index (χ1v) is 7.73. The molecule has 0 aliphatic heterocycles. The van der Waals surface area contributed by atoms with Gasteiger partial charge in [-0.05, 0) is 35.2 Å². The number of halogens is 2. The highest BCUT2D eigenvalue weighted by Gasteiger charge is 2.11. The SMILES string of the molecule is CCCC(Br)CCc1c(Br)cnn1CCOC. The van der Waals surface area contributed by atoms with Crippen LogP contribution < -0.4 is 0 Å². The average molecular weight is 368 g/mol. The van der Waals surface area contributed by atoms with Crippen LogP contribution in [-0.2, 0) is 17.7 Å². The molecular formula is C12H20Br2N2O. The second kappa shape index (κ2) is 8.27. The van der Waals surface area contributed by atoms with Gasteiger partial charge >= 0.3 is 0 Å². The molecule has 0 fully saturated rings. The van der Waals surface area contributed by atoms with Gasteiger partial charge in [-0.2, -0.15) is 5.10 Å². The third-order valence-corrected chi connectivity index (χ3v) is 4.28. The minimum atomic E-state index is 0.602. The van der Waals surface area contributed by atoms with Crippen LogP contribution in [0.3, 0.4) is 0 Å². The molecule has 1 unspecified atom stereocenters. The number of nitrogens with zero attached hydrogens (tertiary/aromatic N) is 2. The molecule has 0 saturated heterocycles. The first-order valence-electron chi connectivity index (χ1n) is 6.02. The number of hydrogen-bond donors (Lipinski definition) is 0. The average Bonchev–Trinajstić information content (AvgIpc) is 2.65. The van der Waals surface area contributed by atoms with Crippen molar-refractivity contribution in [3.8, 4) is 0 Å². The molecule has 0 N–H and O–H groups in total. The van der Waals surface area contributed by atoms with Crippen molar-refractivity contribution < 1.29 is 4.74 Å². The van der Waals surface area contributed by atoms with E-state index in [9.17, 15) is 0 Å². The molecule has 1 aromatic heterocycles. The van der Waals surface area contributed by atoms with Gasteiger partial charge in [0.2, 0.25) is 0 Å². The van der Waals surface area contributed by atoms with Crippen molar-refractivity contribution in [3.63, 3.8) is 0 Å². The monoisotopic (exact) mass is 366 g/mol. The van der Waals surface area contributed by atoms with Crippen LogP contribution in [0.25, 0.3) is 0 Å². The zero-order valence-electron chi connectivity index (χ0n) is 10.5. The van der Waals surface area contributed by atoms with Crippen molar-refractivity contribution in [1.82, 2.24) is 9.78 Å². The minimum absolute atomic E-state index is 0.602. The van der Waals surface area contributed by atoms with Gasteiger partial charge in [0.1, 0.15) is 0 Å². The molecule has 1 atom stereocenters. The molecule has 0 amide bonds. The summed E-state index contributed by atoms with van der Waals surface area (Å²) in [7, 11) is 1.72. The Morgan fingerprint density at radius 2 is 2.24 bits per heavy atom. The van der Waals surface area contributed by atoms with E-state index in [2.05, 4.69) is 43.9 Å². The molecule has 0 spiro atoms. The number of aromatic nitrogens is 2. The lowest BCUT2D eigenvalue weighted by molar-refractivity contribution is 0.182. The van der Waals surface area contributed by atoms with Gasteiger partial charge in [0, 0.05) is 11.9 Å². The van der Waals surface area contributed by atoms with Crippen LogP contribution in [0.1, 0.15) is 31.9 Å². The van der Waals surface area contributed by atoms with Gasteiger partial charge in [-0.25, -0.2) is 0 Å². The summed E-state index contributed by atoms with van der Waals surface area (Å²) in [6.45, 7) is 3.74. The molecule has 1 heterocycles. The largest absolute Gasteiger partial charge is 0.383 e. The fraction of sp³-hybridized carbons (Fsp3) is 0.750. The highest BCUT2D eigenvalue weighted by atomic mass is 79.9. The van der Waals surface area contributed by atoms with Crippen LogP contribution in [0.4, 0.5) is 0 Å². The zero-order valence-corrected chi connectivity index (χ0v) is 13.6. The summed E-state index contributed by atoms with van der Waals surface area (Å²) in [6, 6.07) is 0. The standard InChI is InChI=1S/C12H20Br2N2O/c1-3-4-10(13)5-6-12-11(14)9-15-16(12)7-8-17-2/h9-10H,3-8H2,1-2H3. The van der Waals surface area contributed by atoms with E-state index in [-0.39, 0.29) is 0 Å². The second-order valence-electron chi connectivity index (χ2n) is 4.08. The summed E-state index contributed by atoms with van der Waals surface area (Å²) in [5, 5.41) is 4.35. The molecular weight excluding hydrogens is 348 g/mol. The van der Waals surface area contributed by atoms with Crippen molar-refractivity contribution in [2.45, 2.75) is 44.0 Å². The van der Waals surface area contributed by atoms with Gasteiger partial charge in [0.25, 0.3) is 0 Å². The summed E-state index contributed by atoms with van der Waals surface area (Å²) in [5.41, 5.74) is 1.27. The Morgan fingerprint density at radius 1 is 1.47 bits per heavy atom. The molecule has 98 valence electrons. The van der Waals surface area contributed by atoms with Gasteiger partial charge in [-0.1, -0.05) is 29.3 Å². The molecule has 0 bridgehead atoms. The maximum absolute atomic E-state index is 5.09. The third kappa shape index (κ3) is 5.10. The van der Waals surface area contributed by atoms with E-state index >= 15 is 0 Å². The first kappa shape index (κ1) is 15.2. The van der Waals surface area contributed by atoms with E-state index in [1.54, 1.807) is 7.11 Å². The molecule has 5 heteroatoms. The summed E-state index contributed by atoms with van der Waals surface area (Å²) < 4.78 is 8.22. The Morgan fingerprint density at radius 3 is 2.88 bits per heavy atom. The van der Waals surface area contributed by atoms with E-state index in [1.165, 1.54) is 18.5 Å². The zero-order chi connectivity index (χ0) is 12.7. The highest BCUT2D eigenvalue weighted by Crippen LogP contribution is 2.21. The van der Waals surface area contributed by atoms with Gasteiger partial charge in [0.05, 0.1) is 29.5 Å².